The molecule has 0 rings (SSSR count). The van der Waals surface area contributed by atoms with Gasteiger partial charge in [0.15, 0.2) is 0 Å². The van der Waals surface area contributed by atoms with E-state index in [1.165, 1.54) is 31.7 Å². The second-order valence-electron chi connectivity index (χ2n) is 4.63. The fourth-order valence-electron chi connectivity index (χ4n) is 1.21. The number of rotatable bonds is 7. The SMILES string of the molecule is [CH2]OCCCCCC[Si](C)(C)C. The van der Waals surface area contributed by atoms with Crippen LogP contribution in [0.4, 0.5) is 0 Å². The summed E-state index contributed by atoms with van der Waals surface area (Å²) in [7, 11) is 2.58. The van der Waals surface area contributed by atoms with Crippen LogP contribution in [0.3, 0.4) is 0 Å². The summed E-state index contributed by atoms with van der Waals surface area (Å²) >= 11 is 0. The van der Waals surface area contributed by atoms with Crippen LogP contribution in [0.1, 0.15) is 25.7 Å². The molecule has 0 aliphatic heterocycles. The van der Waals surface area contributed by atoms with Crippen molar-refractivity contribution >= 4 is 8.07 Å². The van der Waals surface area contributed by atoms with Gasteiger partial charge in [0.05, 0.1) is 7.11 Å². The largest absolute Gasteiger partial charge is 0.379 e. The molecule has 0 aromatic rings. The van der Waals surface area contributed by atoms with Crippen LogP contribution in [0.2, 0.25) is 25.7 Å². The lowest BCUT2D eigenvalue weighted by Crippen LogP contribution is -2.18. The Morgan fingerprint density at radius 1 is 1.00 bits per heavy atom. The molecule has 12 heavy (non-hydrogen) atoms. The molecular formula is C10H23OSi. The van der Waals surface area contributed by atoms with Crippen molar-refractivity contribution in [2.24, 2.45) is 0 Å². The van der Waals surface area contributed by atoms with E-state index in [0.29, 0.717) is 0 Å². The monoisotopic (exact) mass is 187 g/mol. The topological polar surface area (TPSA) is 9.23 Å². The molecule has 1 nitrogen and oxygen atoms in total. The Kier molecular flexibility index (Phi) is 6.77. The molecule has 0 aliphatic carbocycles. The first-order valence-electron chi connectivity index (χ1n) is 4.93. The second-order valence-corrected chi connectivity index (χ2v) is 10.3. The van der Waals surface area contributed by atoms with E-state index in [2.05, 4.69) is 26.8 Å². The fourth-order valence-corrected chi connectivity index (χ4v) is 2.52. The molecule has 2 heteroatoms. The number of unbranched alkanes of at least 4 members (excludes halogenated alkanes) is 3. The predicted octanol–water partition coefficient (Wildman–Crippen LogP) is 3.69. The fraction of sp³-hybridized carbons (Fsp3) is 0.900. The summed E-state index contributed by atoms with van der Waals surface area (Å²) < 4.78 is 4.75. The van der Waals surface area contributed by atoms with Crippen molar-refractivity contribution in [1.82, 2.24) is 0 Å². The Labute approximate surface area is 78.5 Å². The van der Waals surface area contributed by atoms with Gasteiger partial charge in [0, 0.05) is 14.7 Å². The van der Waals surface area contributed by atoms with Gasteiger partial charge in [-0.05, 0) is 6.42 Å². The van der Waals surface area contributed by atoms with Crippen molar-refractivity contribution in [3.8, 4) is 0 Å². The van der Waals surface area contributed by atoms with Gasteiger partial charge in [-0.25, -0.2) is 0 Å². The smallest absolute Gasteiger partial charge is 0.0700 e. The van der Waals surface area contributed by atoms with E-state index in [4.69, 9.17) is 4.74 Å². The van der Waals surface area contributed by atoms with Crippen LogP contribution in [0.25, 0.3) is 0 Å². The highest BCUT2D eigenvalue weighted by Crippen LogP contribution is 2.14. The highest BCUT2D eigenvalue weighted by Gasteiger charge is 2.11. The van der Waals surface area contributed by atoms with Gasteiger partial charge in [0.25, 0.3) is 0 Å². The average Bonchev–Trinajstić information content (AvgIpc) is 1.94. The third-order valence-electron chi connectivity index (χ3n) is 1.97. The zero-order valence-electron chi connectivity index (χ0n) is 8.86. The zero-order valence-corrected chi connectivity index (χ0v) is 9.86. The van der Waals surface area contributed by atoms with Crippen molar-refractivity contribution in [3.63, 3.8) is 0 Å². The van der Waals surface area contributed by atoms with Gasteiger partial charge in [0.2, 0.25) is 0 Å². The van der Waals surface area contributed by atoms with Gasteiger partial charge in [-0.2, -0.15) is 0 Å². The molecule has 0 amide bonds. The molecule has 0 bridgehead atoms. The summed E-state index contributed by atoms with van der Waals surface area (Å²) in [6, 6.07) is 1.47. The molecule has 0 heterocycles. The van der Waals surface area contributed by atoms with E-state index < -0.39 is 8.07 Å². The Morgan fingerprint density at radius 3 is 2.08 bits per heavy atom. The first kappa shape index (κ1) is 12.2. The van der Waals surface area contributed by atoms with Crippen LogP contribution in [0.15, 0.2) is 0 Å². The minimum atomic E-state index is -0.769. The predicted molar refractivity (Wildman–Crippen MR) is 57.9 cm³/mol. The molecular weight excluding hydrogens is 164 g/mol. The van der Waals surface area contributed by atoms with Gasteiger partial charge in [-0.3, -0.25) is 0 Å². The number of ether oxygens (including phenoxy) is 1. The molecule has 0 fully saturated rings. The zero-order chi connectivity index (χ0) is 9.45. The standard InChI is InChI=1S/C10H23OSi/c1-11-9-7-5-6-8-10-12(2,3)4/h1,5-10H2,2-4H3. The summed E-state index contributed by atoms with van der Waals surface area (Å²) in [5.74, 6) is 0. The van der Waals surface area contributed by atoms with Crippen LogP contribution in [0.5, 0.6) is 0 Å². The van der Waals surface area contributed by atoms with Crippen LogP contribution in [0, 0.1) is 7.11 Å². The molecule has 0 N–H and O–H groups in total. The van der Waals surface area contributed by atoms with E-state index in [0.717, 1.165) is 6.61 Å². The van der Waals surface area contributed by atoms with Gasteiger partial charge in [-0.15, -0.1) is 0 Å². The van der Waals surface area contributed by atoms with Gasteiger partial charge >= 0.3 is 0 Å². The van der Waals surface area contributed by atoms with E-state index in [1.807, 2.05) is 0 Å². The maximum atomic E-state index is 4.75. The van der Waals surface area contributed by atoms with Gasteiger partial charge in [-0.1, -0.05) is 44.9 Å². The average molecular weight is 187 g/mol. The maximum Gasteiger partial charge on any atom is 0.0700 e. The van der Waals surface area contributed by atoms with Crippen LogP contribution < -0.4 is 0 Å². The lowest BCUT2D eigenvalue weighted by Gasteiger charge is -2.14. The van der Waals surface area contributed by atoms with Gasteiger partial charge in [0.1, 0.15) is 0 Å². The molecule has 0 aromatic carbocycles. The van der Waals surface area contributed by atoms with E-state index in [9.17, 15) is 0 Å². The third-order valence-corrected chi connectivity index (χ3v) is 3.82. The third kappa shape index (κ3) is 10.2. The normalized spacial score (nSPS) is 12.0. The molecule has 1 radical (unpaired) electrons. The molecule has 0 unspecified atom stereocenters. The quantitative estimate of drug-likeness (QED) is 0.436. The molecule has 0 aliphatic rings. The van der Waals surface area contributed by atoms with Crippen molar-refractivity contribution in [2.75, 3.05) is 6.61 Å². The Balaban J connectivity index is 3.01. The Bertz CT molecular complexity index is 96.5. The maximum absolute atomic E-state index is 4.75. The van der Waals surface area contributed by atoms with E-state index >= 15 is 0 Å². The van der Waals surface area contributed by atoms with Crippen molar-refractivity contribution < 1.29 is 4.74 Å². The molecule has 0 atom stereocenters. The lowest BCUT2D eigenvalue weighted by molar-refractivity contribution is 0.234. The molecule has 0 saturated heterocycles. The highest BCUT2D eigenvalue weighted by molar-refractivity contribution is 6.76. The summed E-state index contributed by atoms with van der Waals surface area (Å²) in [6.07, 6.45) is 5.26. The van der Waals surface area contributed by atoms with Crippen LogP contribution >= 0.6 is 0 Å². The van der Waals surface area contributed by atoms with Crippen molar-refractivity contribution in [1.29, 1.82) is 0 Å². The van der Waals surface area contributed by atoms with Crippen molar-refractivity contribution in [2.45, 2.75) is 51.4 Å². The highest BCUT2D eigenvalue weighted by atomic mass is 28.3. The van der Waals surface area contributed by atoms with Crippen LogP contribution in [-0.4, -0.2) is 14.7 Å². The Morgan fingerprint density at radius 2 is 1.58 bits per heavy atom. The Hall–Kier alpha value is 0.177. The minimum absolute atomic E-state index is 0.769. The number of hydrogen-bond donors (Lipinski definition) is 0. The molecule has 0 saturated carbocycles. The summed E-state index contributed by atoms with van der Waals surface area (Å²) in [4.78, 5) is 0. The summed E-state index contributed by atoms with van der Waals surface area (Å²) in [5.41, 5.74) is 0. The second kappa shape index (κ2) is 6.67. The van der Waals surface area contributed by atoms with Crippen molar-refractivity contribution in [3.05, 3.63) is 7.11 Å². The molecule has 0 aromatic heterocycles. The molecule has 73 valence electrons. The minimum Gasteiger partial charge on any atom is -0.379 e. The van der Waals surface area contributed by atoms with E-state index in [-0.39, 0.29) is 0 Å². The summed E-state index contributed by atoms with van der Waals surface area (Å²) in [5, 5.41) is 0. The van der Waals surface area contributed by atoms with Gasteiger partial charge < -0.3 is 4.74 Å². The number of hydrogen-bond acceptors (Lipinski definition) is 1. The van der Waals surface area contributed by atoms with Crippen LogP contribution in [-0.2, 0) is 4.74 Å². The first-order valence-corrected chi connectivity index (χ1v) is 8.64. The summed E-state index contributed by atoms with van der Waals surface area (Å²) in [6.45, 7) is 8.14. The van der Waals surface area contributed by atoms with E-state index in [1.54, 1.807) is 0 Å². The lowest BCUT2D eigenvalue weighted by atomic mass is 10.2. The molecule has 0 spiro atoms. The first-order chi connectivity index (χ1) is 5.56.